The molecule has 1 fully saturated rings. The van der Waals surface area contributed by atoms with Gasteiger partial charge in [-0.2, -0.15) is 0 Å². The molecule has 0 aliphatic heterocycles. The van der Waals surface area contributed by atoms with E-state index in [-0.39, 0.29) is 29.4 Å². The number of aliphatic imine (C=N–C) groups is 1. The molecule has 0 aromatic heterocycles. The molecule has 1 aliphatic rings. The van der Waals surface area contributed by atoms with Gasteiger partial charge in [0.15, 0.2) is 5.96 Å². The second-order valence-electron chi connectivity index (χ2n) is 5.09. The fraction of sp³-hybridized carbons (Fsp3) is 0.786. The summed E-state index contributed by atoms with van der Waals surface area (Å²) < 4.78 is 5.65. The van der Waals surface area contributed by atoms with Crippen LogP contribution < -0.4 is 11.1 Å². The Labute approximate surface area is 134 Å². The van der Waals surface area contributed by atoms with Gasteiger partial charge in [-0.3, -0.25) is 0 Å². The van der Waals surface area contributed by atoms with Crippen molar-refractivity contribution in [1.82, 2.24) is 5.32 Å². The molecule has 0 heterocycles. The zero-order valence-electron chi connectivity index (χ0n) is 12.5. The number of nitrogens with one attached hydrogen (secondary N) is 1. The lowest BCUT2D eigenvalue weighted by Gasteiger charge is -2.59. The second-order valence-corrected chi connectivity index (χ2v) is 5.09. The van der Waals surface area contributed by atoms with Gasteiger partial charge in [0.1, 0.15) is 0 Å². The smallest absolute Gasteiger partial charge is 0.189 e. The first-order valence-corrected chi connectivity index (χ1v) is 6.77. The number of guanidine groups is 1. The minimum Gasteiger partial charge on any atom is -0.380 e. The van der Waals surface area contributed by atoms with Crippen LogP contribution in [-0.4, -0.2) is 31.8 Å². The van der Waals surface area contributed by atoms with Gasteiger partial charge in [-0.05, 0) is 12.8 Å². The average molecular weight is 381 g/mol. The molecule has 5 heteroatoms. The molecule has 0 amide bonds. The monoisotopic (exact) mass is 381 g/mol. The van der Waals surface area contributed by atoms with Gasteiger partial charge in [-0.25, -0.2) is 4.99 Å². The number of hydrogen-bond donors (Lipinski definition) is 2. The first-order valence-electron chi connectivity index (χ1n) is 6.77. The van der Waals surface area contributed by atoms with Gasteiger partial charge in [0.05, 0.1) is 12.6 Å². The number of nitrogens with two attached hydrogens (primary N) is 1. The van der Waals surface area contributed by atoms with E-state index in [1.807, 2.05) is 0 Å². The summed E-state index contributed by atoms with van der Waals surface area (Å²) in [4.78, 5) is 4.21. The lowest BCUT2D eigenvalue weighted by molar-refractivity contribution is -0.163. The Morgan fingerprint density at radius 3 is 2.47 bits per heavy atom. The van der Waals surface area contributed by atoms with Crippen molar-refractivity contribution in [1.29, 1.82) is 0 Å². The first kappa shape index (κ1) is 18.7. The summed E-state index contributed by atoms with van der Waals surface area (Å²) in [6, 6.07) is 0.339. The third-order valence-electron chi connectivity index (χ3n) is 4.45. The zero-order valence-corrected chi connectivity index (χ0v) is 14.8. The molecule has 3 unspecified atom stereocenters. The summed E-state index contributed by atoms with van der Waals surface area (Å²) in [5.74, 6) is 0.958. The van der Waals surface area contributed by atoms with Crippen LogP contribution in [0.25, 0.3) is 0 Å². The molecule has 0 radical (unpaired) electrons. The van der Waals surface area contributed by atoms with Crippen molar-refractivity contribution < 1.29 is 4.74 Å². The summed E-state index contributed by atoms with van der Waals surface area (Å²) >= 11 is 0. The molecule has 3 N–H and O–H groups in total. The highest BCUT2D eigenvalue weighted by Crippen LogP contribution is 2.52. The Morgan fingerprint density at radius 2 is 2.05 bits per heavy atom. The van der Waals surface area contributed by atoms with Crippen LogP contribution in [0, 0.1) is 11.3 Å². The van der Waals surface area contributed by atoms with Crippen LogP contribution in [0.1, 0.15) is 33.6 Å². The molecule has 0 aromatic carbocycles. The van der Waals surface area contributed by atoms with Crippen LogP contribution >= 0.6 is 24.0 Å². The van der Waals surface area contributed by atoms with E-state index in [0.717, 1.165) is 12.8 Å². The Bertz CT molecular complexity index is 316. The van der Waals surface area contributed by atoms with E-state index in [9.17, 15) is 0 Å². The van der Waals surface area contributed by atoms with Gasteiger partial charge in [-0.1, -0.05) is 26.8 Å². The van der Waals surface area contributed by atoms with Crippen LogP contribution in [0.3, 0.4) is 0 Å². The highest BCUT2D eigenvalue weighted by molar-refractivity contribution is 14.0. The maximum Gasteiger partial charge on any atom is 0.189 e. The molecule has 1 saturated carbocycles. The number of halogens is 1. The molecule has 1 aliphatic carbocycles. The third kappa shape index (κ3) is 3.42. The molecule has 1 rings (SSSR count). The third-order valence-corrected chi connectivity index (χ3v) is 4.45. The summed E-state index contributed by atoms with van der Waals surface area (Å²) in [7, 11) is 1.80. The van der Waals surface area contributed by atoms with Gasteiger partial charge in [0.2, 0.25) is 0 Å². The number of nitrogens with zero attached hydrogens (tertiary/aromatic N) is 1. The molecule has 19 heavy (non-hydrogen) atoms. The Hall–Kier alpha value is -0.300. The highest BCUT2D eigenvalue weighted by Gasteiger charge is 2.58. The molecule has 0 bridgehead atoms. The minimum atomic E-state index is 0. The van der Waals surface area contributed by atoms with E-state index in [4.69, 9.17) is 10.5 Å². The SMILES string of the molecule is C=CCN=C(N)NC1C(C)C(OC)C1(CC)CC.I. The molecule has 4 nitrogen and oxygen atoms in total. The van der Waals surface area contributed by atoms with Crippen molar-refractivity contribution >= 4 is 29.9 Å². The van der Waals surface area contributed by atoms with Gasteiger partial charge in [-0.15, -0.1) is 30.6 Å². The molecule has 0 spiro atoms. The van der Waals surface area contributed by atoms with Crippen LogP contribution in [0.4, 0.5) is 0 Å². The average Bonchev–Trinajstić information content (AvgIpc) is 2.39. The second kappa shape index (κ2) is 8.09. The van der Waals surface area contributed by atoms with Crippen molar-refractivity contribution in [3.8, 4) is 0 Å². The summed E-state index contributed by atoms with van der Waals surface area (Å²) in [6.45, 7) is 10.8. The maximum atomic E-state index is 5.90. The number of rotatable bonds is 6. The van der Waals surface area contributed by atoms with Crippen molar-refractivity contribution in [2.24, 2.45) is 22.1 Å². The highest BCUT2D eigenvalue weighted by atomic mass is 127. The van der Waals surface area contributed by atoms with Crippen molar-refractivity contribution in [2.45, 2.75) is 45.8 Å². The zero-order chi connectivity index (χ0) is 13.8. The molecule has 112 valence electrons. The first-order chi connectivity index (χ1) is 8.57. The predicted molar refractivity (Wildman–Crippen MR) is 92.0 cm³/mol. The van der Waals surface area contributed by atoms with Crippen molar-refractivity contribution in [3.05, 3.63) is 12.7 Å². The van der Waals surface area contributed by atoms with E-state index in [1.165, 1.54) is 0 Å². The fourth-order valence-corrected chi connectivity index (χ4v) is 3.46. The largest absolute Gasteiger partial charge is 0.380 e. The van der Waals surface area contributed by atoms with E-state index in [1.54, 1.807) is 13.2 Å². The lowest BCUT2D eigenvalue weighted by Crippen LogP contribution is -2.70. The van der Waals surface area contributed by atoms with E-state index in [0.29, 0.717) is 30.6 Å². The fourth-order valence-electron chi connectivity index (χ4n) is 3.46. The molecular weight excluding hydrogens is 353 g/mol. The number of methoxy groups -OCH3 is 1. The van der Waals surface area contributed by atoms with Gasteiger partial charge < -0.3 is 15.8 Å². The summed E-state index contributed by atoms with van der Waals surface area (Å²) in [5.41, 5.74) is 6.07. The quantitative estimate of drug-likeness (QED) is 0.322. The Morgan fingerprint density at radius 1 is 1.47 bits per heavy atom. The minimum absolute atomic E-state index is 0. The number of ether oxygens (including phenoxy) is 1. The van der Waals surface area contributed by atoms with Gasteiger partial charge in [0.25, 0.3) is 0 Å². The summed E-state index contributed by atoms with van der Waals surface area (Å²) in [6.07, 6.45) is 4.21. The lowest BCUT2D eigenvalue weighted by atomic mass is 9.53. The van der Waals surface area contributed by atoms with E-state index >= 15 is 0 Å². The van der Waals surface area contributed by atoms with Crippen LogP contribution in [0.2, 0.25) is 0 Å². The number of hydrogen-bond acceptors (Lipinski definition) is 2. The normalized spacial score (nSPS) is 29.1. The predicted octanol–water partition coefficient (Wildman–Crippen LogP) is 2.53. The van der Waals surface area contributed by atoms with Crippen molar-refractivity contribution in [2.75, 3.05) is 13.7 Å². The standard InChI is InChI=1S/C14H27N3O.HI/c1-6-9-16-13(15)17-11-10(4)12(18-5)14(11,7-2)8-3;/h6,10-12H,1,7-9H2,2-5H3,(H3,15,16,17);1H. The Kier molecular flexibility index (Phi) is 7.96. The van der Waals surface area contributed by atoms with Gasteiger partial charge in [0, 0.05) is 24.5 Å². The topological polar surface area (TPSA) is 59.6 Å². The van der Waals surface area contributed by atoms with Crippen molar-refractivity contribution in [3.63, 3.8) is 0 Å². The molecule has 0 aromatic rings. The Balaban J connectivity index is 0.00000324. The maximum absolute atomic E-state index is 5.90. The summed E-state index contributed by atoms with van der Waals surface area (Å²) in [5, 5.41) is 3.36. The van der Waals surface area contributed by atoms with Crippen LogP contribution in [0.5, 0.6) is 0 Å². The molecular formula is C14H28IN3O. The van der Waals surface area contributed by atoms with E-state index in [2.05, 4.69) is 37.7 Å². The van der Waals surface area contributed by atoms with Crippen LogP contribution in [0.15, 0.2) is 17.6 Å². The van der Waals surface area contributed by atoms with Crippen LogP contribution in [-0.2, 0) is 4.74 Å². The molecule has 0 saturated heterocycles. The van der Waals surface area contributed by atoms with Gasteiger partial charge >= 0.3 is 0 Å². The van der Waals surface area contributed by atoms with E-state index < -0.39 is 0 Å². The molecule has 3 atom stereocenters.